The van der Waals surface area contributed by atoms with Crippen LogP contribution >= 0.6 is 11.6 Å². The van der Waals surface area contributed by atoms with E-state index in [0.717, 1.165) is 12.3 Å². The maximum Gasteiger partial charge on any atom is 0.224 e. The number of nitrogens with two attached hydrogens (primary N) is 1. The van der Waals surface area contributed by atoms with Crippen LogP contribution in [0, 0.1) is 5.92 Å². The maximum atomic E-state index is 11.8. The smallest absolute Gasteiger partial charge is 0.224 e. The van der Waals surface area contributed by atoms with Gasteiger partial charge in [-0.25, -0.2) is 0 Å². The van der Waals surface area contributed by atoms with Crippen molar-refractivity contribution >= 4 is 28.9 Å². The van der Waals surface area contributed by atoms with Gasteiger partial charge >= 0.3 is 0 Å². The molecular weight excluding hydrogens is 248 g/mol. The predicted molar refractivity (Wildman–Crippen MR) is 75.7 cm³/mol. The highest BCUT2D eigenvalue weighted by molar-refractivity contribution is 6.31. The van der Waals surface area contributed by atoms with Gasteiger partial charge in [-0.05, 0) is 30.5 Å². The average molecular weight is 267 g/mol. The van der Waals surface area contributed by atoms with Gasteiger partial charge in [-0.1, -0.05) is 37.3 Å². The average Bonchev–Trinajstić information content (AvgIpc) is 2.84. The molecule has 1 fully saturated rings. The van der Waals surface area contributed by atoms with Crippen molar-refractivity contribution in [1.29, 1.82) is 0 Å². The van der Waals surface area contributed by atoms with Crippen LogP contribution in [0.5, 0.6) is 0 Å². The number of hydrogen-bond donors (Lipinski definition) is 2. The first kappa shape index (κ1) is 13.2. The molecule has 1 aliphatic rings. The Morgan fingerprint density at radius 2 is 2.11 bits per heavy atom. The van der Waals surface area contributed by atoms with Gasteiger partial charge in [-0.2, -0.15) is 0 Å². The van der Waals surface area contributed by atoms with E-state index >= 15 is 0 Å². The van der Waals surface area contributed by atoms with Gasteiger partial charge in [0.2, 0.25) is 5.91 Å². The van der Waals surface area contributed by atoms with Crippen LogP contribution in [0.4, 0.5) is 11.4 Å². The third kappa shape index (κ3) is 3.64. The molecule has 1 aromatic rings. The number of rotatable bonds is 4. The van der Waals surface area contributed by atoms with Crippen molar-refractivity contribution in [2.45, 2.75) is 38.5 Å². The van der Waals surface area contributed by atoms with E-state index in [1.165, 1.54) is 25.7 Å². The first-order valence-electron chi connectivity index (χ1n) is 6.50. The minimum Gasteiger partial charge on any atom is -0.397 e. The lowest BCUT2D eigenvalue weighted by molar-refractivity contribution is -0.116. The number of anilines is 2. The van der Waals surface area contributed by atoms with Crippen molar-refractivity contribution in [2.24, 2.45) is 5.92 Å². The number of halogens is 1. The number of nitrogen functional groups attached to an aromatic ring is 1. The van der Waals surface area contributed by atoms with Crippen molar-refractivity contribution < 1.29 is 4.79 Å². The molecular formula is C14H19ClN2O. The minimum atomic E-state index is 0.0240. The summed E-state index contributed by atoms with van der Waals surface area (Å²) in [5.41, 5.74) is 6.94. The molecule has 0 atom stereocenters. The summed E-state index contributed by atoms with van der Waals surface area (Å²) in [4.78, 5) is 11.8. The van der Waals surface area contributed by atoms with E-state index in [4.69, 9.17) is 17.3 Å². The molecule has 4 heteroatoms. The first-order chi connectivity index (χ1) is 8.65. The Morgan fingerprint density at radius 1 is 1.39 bits per heavy atom. The molecule has 0 unspecified atom stereocenters. The number of amides is 1. The highest BCUT2D eigenvalue weighted by Crippen LogP contribution is 2.29. The second-order valence-electron chi connectivity index (χ2n) is 4.97. The summed E-state index contributed by atoms with van der Waals surface area (Å²) in [5.74, 6) is 0.753. The molecule has 0 bridgehead atoms. The first-order valence-corrected chi connectivity index (χ1v) is 6.88. The minimum absolute atomic E-state index is 0.0240. The van der Waals surface area contributed by atoms with Gasteiger partial charge in [0.25, 0.3) is 0 Å². The van der Waals surface area contributed by atoms with Crippen LogP contribution in [0.2, 0.25) is 5.02 Å². The largest absolute Gasteiger partial charge is 0.397 e. The van der Waals surface area contributed by atoms with Gasteiger partial charge in [-0.15, -0.1) is 0 Å². The number of benzene rings is 1. The van der Waals surface area contributed by atoms with Gasteiger partial charge in [0.15, 0.2) is 0 Å². The van der Waals surface area contributed by atoms with E-state index in [-0.39, 0.29) is 5.91 Å². The van der Waals surface area contributed by atoms with E-state index in [2.05, 4.69) is 5.32 Å². The highest BCUT2D eigenvalue weighted by atomic mass is 35.5. The van der Waals surface area contributed by atoms with Crippen LogP contribution in [-0.4, -0.2) is 5.91 Å². The number of hydrogen-bond acceptors (Lipinski definition) is 2. The Morgan fingerprint density at radius 3 is 2.83 bits per heavy atom. The van der Waals surface area contributed by atoms with Crippen LogP contribution in [0.25, 0.3) is 0 Å². The lowest BCUT2D eigenvalue weighted by Gasteiger charge is -2.10. The summed E-state index contributed by atoms with van der Waals surface area (Å²) in [5, 5.41) is 3.41. The van der Waals surface area contributed by atoms with Gasteiger partial charge in [0.1, 0.15) is 0 Å². The molecule has 0 saturated heterocycles. The Balaban J connectivity index is 1.84. The Bertz CT molecular complexity index is 428. The van der Waals surface area contributed by atoms with Crippen LogP contribution < -0.4 is 11.1 Å². The quantitative estimate of drug-likeness (QED) is 0.814. The van der Waals surface area contributed by atoms with E-state index in [1.807, 2.05) is 0 Å². The summed E-state index contributed by atoms with van der Waals surface area (Å²) >= 11 is 5.87. The summed E-state index contributed by atoms with van der Waals surface area (Å²) in [6.45, 7) is 0. The van der Waals surface area contributed by atoms with E-state index in [1.54, 1.807) is 18.2 Å². The summed E-state index contributed by atoms with van der Waals surface area (Å²) in [6, 6.07) is 5.10. The molecule has 0 spiro atoms. The van der Waals surface area contributed by atoms with Crippen molar-refractivity contribution in [2.75, 3.05) is 11.1 Å². The second kappa shape index (κ2) is 6.10. The lowest BCUT2D eigenvalue weighted by atomic mass is 10.0. The van der Waals surface area contributed by atoms with Gasteiger partial charge < -0.3 is 11.1 Å². The molecule has 3 nitrogen and oxygen atoms in total. The SMILES string of the molecule is Nc1ccc(Cl)cc1NC(=O)CCC1CCCC1. The Hall–Kier alpha value is -1.22. The standard InChI is InChI=1S/C14H19ClN2O/c15-11-6-7-12(16)13(9-11)17-14(18)8-5-10-3-1-2-4-10/h6-7,9-10H,1-5,8,16H2,(H,17,18). The molecule has 1 aliphatic carbocycles. The van der Waals surface area contributed by atoms with Crippen molar-refractivity contribution in [3.63, 3.8) is 0 Å². The summed E-state index contributed by atoms with van der Waals surface area (Å²) < 4.78 is 0. The molecule has 1 saturated carbocycles. The zero-order chi connectivity index (χ0) is 13.0. The van der Waals surface area contributed by atoms with Crippen LogP contribution in [0.1, 0.15) is 38.5 Å². The lowest BCUT2D eigenvalue weighted by Crippen LogP contribution is -2.13. The fourth-order valence-corrected chi connectivity index (χ4v) is 2.66. The molecule has 0 radical (unpaired) electrons. The molecule has 0 aromatic heterocycles. The van der Waals surface area contributed by atoms with Gasteiger partial charge in [0, 0.05) is 11.4 Å². The zero-order valence-corrected chi connectivity index (χ0v) is 11.2. The molecule has 0 heterocycles. The van der Waals surface area contributed by atoms with Crippen LogP contribution in [0.15, 0.2) is 18.2 Å². The Labute approximate surface area is 113 Å². The molecule has 1 amide bonds. The van der Waals surface area contributed by atoms with Crippen LogP contribution in [0.3, 0.4) is 0 Å². The van der Waals surface area contributed by atoms with E-state index < -0.39 is 0 Å². The monoisotopic (exact) mass is 266 g/mol. The molecule has 3 N–H and O–H groups in total. The number of carbonyl (C=O) groups excluding carboxylic acids is 1. The fourth-order valence-electron chi connectivity index (χ4n) is 2.48. The maximum absolute atomic E-state index is 11.8. The summed E-state index contributed by atoms with van der Waals surface area (Å²) in [7, 11) is 0. The van der Waals surface area contributed by atoms with Crippen molar-refractivity contribution in [1.82, 2.24) is 0 Å². The number of nitrogens with one attached hydrogen (secondary N) is 1. The molecule has 98 valence electrons. The highest BCUT2D eigenvalue weighted by Gasteiger charge is 2.16. The third-order valence-corrected chi connectivity index (χ3v) is 3.78. The van der Waals surface area contributed by atoms with Crippen molar-refractivity contribution in [3.8, 4) is 0 Å². The van der Waals surface area contributed by atoms with Gasteiger partial charge in [-0.3, -0.25) is 4.79 Å². The summed E-state index contributed by atoms with van der Waals surface area (Å²) in [6.07, 6.45) is 6.71. The van der Waals surface area contributed by atoms with E-state index in [9.17, 15) is 4.79 Å². The predicted octanol–water partition coefficient (Wildman–Crippen LogP) is 3.83. The topological polar surface area (TPSA) is 55.1 Å². The second-order valence-corrected chi connectivity index (χ2v) is 5.41. The fraction of sp³-hybridized carbons (Fsp3) is 0.500. The van der Waals surface area contributed by atoms with Crippen LogP contribution in [-0.2, 0) is 4.79 Å². The molecule has 0 aliphatic heterocycles. The third-order valence-electron chi connectivity index (χ3n) is 3.54. The normalized spacial score (nSPS) is 15.8. The Kier molecular flexibility index (Phi) is 4.48. The van der Waals surface area contributed by atoms with E-state index in [0.29, 0.717) is 22.8 Å². The number of carbonyl (C=O) groups is 1. The van der Waals surface area contributed by atoms with Crippen molar-refractivity contribution in [3.05, 3.63) is 23.2 Å². The zero-order valence-electron chi connectivity index (χ0n) is 10.4. The molecule has 18 heavy (non-hydrogen) atoms. The molecule has 1 aromatic carbocycles. The van der Waals surface area contributed by atoms with Gasteiger partial charge in [0.05, 0.1) is 11.4 Å². The molecule has 2 rings (SSSR count).